The number of aryl methyl sites for hydroxylation is 1. The minimum Gasteiger partial charge on any atom is -0.497 e. The molecule has 26 heavy (non-hydrogen) atoms. The van der Waals surface area contributed by atoms with Crippen molar-refractivity contribution in [3.63, 3.8) is 0 Å². The number of aromatic nitrogens is 3. The molecule has 0 aliphatic carbocycles. The van der Waals surface area contributed by atoms with Gasteiger partial charge < -0.3 is 14.4 Å². The number of rotatable bonds is 5. The van der Waals surface area contributed by atoms with Crippen LogP contribution in [0.25, 0.3) is 0 Å². The lowest BCUT2D eigenvalue weighted by Crippen LogP contribution is -2.23. The summed E-state index contributed by atoms with van der Waals surface area (Å²) in [5.74, 6) is 0.840. The second-order valence-corrected chi connectivity index (χ2v) is 6.44. The molecule has 2 aromatic carbocycles. The minimum absolute atomic E-state index is 0.197. The van der Waals surface area contributed by atoms with E-state index in [4.69, 9.17) is 9.47 Å². The maximum atomic E-state index is 5.93. The number of anilines is 1. The predicted octanol–water partition coefficient (Wildman–Crippen LogP) is 3.18. The lowest BCUT2D eigenvalue weighted by atomic mass is 10.2. The highest BCUT2D eigenvalue weighted by molar-refractivity contribution is 5.49. The third-order valence-electron chi connectivity index (χ3n) is 4.54. The molecular weight excluding hydrogens is 328 g/mol. The number of hydrogen-bond acceptors (Lipinski definition) is 5. The van der Waals surface area contributed by atoms with Gasteiger partial charge in [-0.3, -0.25) is 0 Å². The van der Waals surface area contributed by atoms with Crippen molar-refractivity contribution in [3.05, 3.63) is 71.5 Å². The van der Waals surface area contributed by atoms with Crippen molar-refractivity contribution in [2.24, 2.45) is 0 Å². The first-order valence-corrected chi connectivity index (χ1v) is 8.71. The summed E-state index contributed by atoms with van der Waals surface area (Å²) in [6, 6.07) is 16.4. The van der Waals surface area contributed by atoms with E-state index in [1.165, 1.54) is 5.56 Å². The third kappa shape index (κ3) is 3.41. The Bertz CT molecular complexity index is 876. The van der Waals surface area contributed by atoms with Gasteiger partial charge in [0.2, 0.25) is 0 Å². The Hall–Kier alpha value is -2.86. The van der Waals surface area contributed by atoms with E-state index in [2.05, 4.69) is 52.5 Å². The molecule has 1 aliphatic heterocycles. The number of hydrogen-bond donors (Lipinski definition) is 0. The number of ether oxygens (including phenoxy) is 2. The van der Waals surface area contributed by atoms with E-state index in [0.717, 1.165) is 29.2 Å². The average molecular weight is 350 g/mol. The standard InChI is InChI=1S/C20H22N4O2/c1-15-6-8-17(9-7-15)24-10-11-26-20(24)19-14-23(22-21-19)13-16-4-3-5-18(12-16)25-2/h3-9,12,14,20H,10-11,13H2,1-2H3/t20-/m0/s1. The lowest BCUT2D eigenvalue weighted by Gasteiger charge is -2.23. The second kappa shape index (κ2) is 7.17. The molecule has 1 atom stereocenters. The summed E-state index contributed by atoms with van der Waals surface area (Å²) in [4.78, 5) is 2.22. The first kappa shape index (κ1) is 16.6. The molecule has 6 nitrogen and oxygen atoms in total. The average Bonchev–Trinajstić information content (AvgIpc) is 3.32. The van der Waals surface area contributed by atoms with Crippen LogP contribution in [0.5, 0.6) is 5.75 Å². The Labute approximate surface area is 153 Å². The van der Waals surface area contributed by atoms with Gasteiger partial charge in [-0.25, -0.2) is 4.68 Å². The molecule has 0 radical (unpaired) electrons. The summed E-state index contributed by atoms with van der Waals surface area (Å²) >= 11 is 0. The molecule has 0 saturated carbocycles. The van der Waals surface area contributed by atoms with Crippen molar-refractivity contribution < 1.29 is 9.47 Å². The van der Waals surface area contributed by atoms with Gasteiger partial charge in [-0.1, -0.05) is 35.0 Å². The lowest BCUT2D eigenvalue weighted by molar-refractivity contribution is 0.110. The summed E-state index contributed by atoms with van der Waals surface area (Å²) < 4.78 is 13.0. The molecule has 2 heterocycles. The zero-order chi connectivity index (χ0) is 17.9. The zero-order valence-corrected chi connectivity index (χ0v) is 15.0. The van der Waals surface area contributed by atoms with Crippen LogP contribution in [-0.4, -0.2) is 35.3 Å². The summed E-state index contributed by atoms with van der Waals surface area (Å²) in [6.07, 6.45) is 1.76. The largest absolute Gasteiger partial charge is 0.497 e. The van der Waals surface area contributed by atoms with Crippen LogP contribution in [-0.2, 0) is 11.3 Å². The first-order valence-electron chi connectivity index (χ1n) is 8.71. The topological polar surface area (TPSA) is 52.4 Å². The SMILES string of the molecule is COc1cccc(Cn2cc([C@@H]3OCCN3c3ccc(C)cc3)nn2)c1. The fourth-order valence-electron chi connectivity index (χ4n) is 3.18. The van der Waals surface area contributed by atoms with Crippen LogP contribution in [0.4, 0.5) is 5.69 Å². The molecule has 134 valence electrons. The highest BCUT2D eigenvalue weighted by Crippen LogP contribution is 2.31. The van der Waals surface area contributed by atoms with E-state index in [1.54, 1.807) is 7.11 Å². The van der Waals surface area contributed by atoms with E-state index in [0.29, 0.717) is 13.2 Å². The highest BCUT2D eigenvalue weighted by atomic mass is 16.5. The minimum atomic E-state index is -0.197. The maximum Gasteiger partial charge on any atom is 0.177 e. The third-order valence-corrected chi connectivity index (χ3v) is 4.54. The molecule has 1 saturated heterocycles. The number of methoxy groups -OCH3 is 1. The van der Waals surface area contributed by atoms with E-state index in [-0.39, 0.29) is 6.23 Å². The number of nitrogens with zero attached hydrogens (tertiary/aromatic N) is 4. The molecule has 0 spiro atoms. The maximum absolute atomic E-state index is 5.93. The Kier molecular flexibility index (Phi) is 4.58. The van der Waals surface area contributed by atoms with E-state index in [9.17, 15) is 0 Å². The fourth-order valence-corrected chi connectivity index (χ4v) is 3.18. The summed E-state index contributed by atoms with van der Waals surface area (Å²) in [7, 11) is 1.67. The molecule has 4 rings (SSSR count). The van der Waals surface area contributed by atoms with Crippen molar-refractivity contribution in [1.82, 2.24) is 15.0 Å². The van der Waals surface area contributed by atoms with Crippen LogP contribution >= 0.6 is 0 Å². The Morgan fingerprint density at radius 1 is 1.19 bits per heavy atom. The molecule has 0 amide bonds. The van der Waals surface area contributed by atoms with Crippen molar-refractivity contribution in [3.8, 4) is 5.75 Å². The Morgan fingerprint density at radius 2 is 2.04 bits per heavy atom. The van der Waals surface area contributed by atoms with E-state index < -0.39 is 0 Å². The predicted molar refractivity (Wildman–Crippen MR) is 99.3 cm³/mol. The van der Waals surface area contributed by atoms with Gasteiger partial charge in [0.25, 0.3) is 0 Å². The van der Waals surface area contributed by atoms with Crippen molar-refractivity contribution in [2.75, 3.05) is 25.2 Å². The molecule has 1 aliphatic rings. The summed E-state index contributed by atoms with van der Waals surface area (Å²) in [5, 5.41) is 8.62. The van der Waals surface area contributed by atoms with Crippen LogP contribution in [0.2, 0.25) is 0 Å². The van der Waals surface area contributed by atoms with Gasteiger partial charge in [-0.2, -0.15) is 0 Å². The monoisotopic (exact) mass is 350 g/mol. The second-order valence-electron chi connectivity index (χ2n) is 6.44. The van der Waals surface area contributed by atoms with Gasteiger partial charge in [-0.05, 0) is 36.8 Å². The zero-order valence-electron chi connectivity index (χ0n) is 15.0. The van der Waals surface area contributed by atoms with Crippen LogP contribution in [0.3, 0.4) is 0 Å². The van der Waals surface area contributed by atoms with Crippen LogP contribution in [0.1, 0.15) is 23.0 Å². The van der Waals surface area contributed by atoms with Crippen molar-refractivity contribution in [1.29, 1.82) is 0 Å². The van der Waals surface area contributed by atoms with Crippen LogP contribution in [0, 0.1) is 6.92 Å². The Balaban J connectivity index is 1.52. The van der Waals surface area contributed by atoms with Gasteiger partial charge in [0.15, 0.2) is 6.23 Å². The molecular formula is C20H22N4O2. The fraction of sp³-hybridized carbons (Fsp3) is 0.300. The highest BCUT2D eigenvalue weighted by Gasteiger charge is 2.29. The van der Waals surface area contributed by atoms with E-state index in [1.807, 2.05) is 29.1 Å². The van der Waals surface area contributed by atoms with Gasteiger partial charge >= 0.3 is 0 Å². The van der Waals surface area contributed by atoms with Crippen LogP contribution in [0.15, 0.2) is 54.7 Å². The van der Waals surface area contributed by atoms with Gasteiger partial charge in [0.05, 0.1) is 26.5 Å². The molecule has 0 bridgehead atoms. The molecule has 6 heteroatoms. The molecule has 1 fully saturated rings. The normalized spacial score (nSPS) is 16.8. The van der Waals surface area contributed by atoms with Crippen molar-refractivity contribution in [2.45, 2.75) is 19.7 Å². The molecule has 1 aromatic heterocycles. The molecule has 3 aromatic rings. The molecule has 0 unspecified atom stereocenters. The summed E-state index contributed by atoms with van der Waals surface area (Å²) in [6.45, 7) is 4.26. The number of benzene rings is 2. The summed E-state index contributed by atoms with van der Waals surface area (Å²) in [5.41, 5.74) is 4.32. The van der Waals surface area contributed by atoms with Crippen LogP contribution < -0.4 is 9.64 Å². The first-order chi connectivity index (χ1) is 12.7. The van der Waals surface area contributed by atoms with Crippen molar-refractivity contribution >= 4 is 5.69 Å². The van der Waals surface area contributed by atoms with Gasteiger partial charge in [0.1, 0.15) is 11.4 Å². The quantitative estimate of drug-likeness (QED) is 0.707. The Morgan fingerprint density at radius 3 is 2.85 bits per heavy atom. The van der Waals surface area contributed by atoms with Gasteiger partial charge in [-0.15, -0.1) is 5.10 Å². The van der Waals surface area contributed by atoms with Gasteiger partial charge in [0, 0.05) is 12.2 Å². The smallest absolute Gasteiger partial charge is 0.177 e. The molecule has 0 N–H and O–H groups in total. The van der Waals surface area contributed by atoms with E-state index >= 15 is 0 Å².